The summed E-state index contributed by atoms with van der Waals surface area (Å²) >= 11 is 7.58. The van der Waals surface area contributed by atoms with Gasteiger partial charge >= 0.3 is 0 Å². The van der Waals surface area contributed by atoms with E-state index in [2.05, 4.69) is 30.3 Å². The van der Waals surface area contributed by atoms with E-state index >= 15 is 0 Å². The standard InChI is InChI=1S/C26H20ClFN8O3S/c1-35-10-14(30-12-35)9-29-26(39)24-32-23(33-25(38)21-15-4-2-3-5-18(15)40-34-21)22-20(31-19(37)11-36(22)24)16-8-13(28)6-7-17(16)27/h2-8,10,12,20H,9,11H2,1H3,(H,29,39)(H,31,37)(H,33,38). The van der Waals surface area contributed by atoms with E-state index in [1.165, 1.54) is 34.3 Å². The molecule has 0 saturated heterocycles. The van der Waals surface area contributed by atoms with Gasteiger partial charge in [-0.3, -0.25) is 14.4 Å². The maximum atomic E-state index is 14.3. The maximum Gasteiger partial charge on any atom is 0.287 e. The number of rotatable bonds is 6. The van der Waals surface area contributed by atoms with Crippen molar-refractivity contribution < 1.29 is 18.8 Å². The minimum atomic E-state index is -1.00. The summed E-state index contributed by atoms with van der Waals surface area (Å²) in [5.74, 6) is -2.27. The molecule has 202 valence electrons. The van der Waals surface area contributed by atoms with E-state index in [0.717, 1.165) is 4.70 Å². The van der Waals surface area contributed by atoms with Crippen molar-refractivity contribution in [2.75, 3.05) is 5.32 Å². The highest BCUT2D eigenvalue weighted by molar-refractivity contribution is 7.13. The number of aromatic nitrogens is 5. The monoisotopic (exact) mass is 578 g/mol. The Labute approximate surface area is 235 Å². The summed E-state index contributed by atoms with van der Waals surface area (Å²) in [7, 11) is 1.81. The second-order valence-electron chi connectivity index (χ2n) is 9.12. The van der Waals surface area contributed by atoms with Crippen molar-refractivity contribution >= 4 is 56.8 Å². The van der Waals surface area contributed by atoms with Gasteiger partial charge in [-0.1, -0.05) is 29.8 Å². The van der Waals surface area contributed by atoms with Crippen LogP contribution in [0.4, 0.5) is 10.2 Å². The highest BCUT2D eigenvalue weighted by atomic mass is 35.5. The lowest BCUT2D eigenvalue weighted by Gasteiger charge is -2.28. The summed E-state index contributed by atoms with van der Waals surface area (Å²) in [5, 5.41) is 9.13. The molecule has 0 spiro atoms. The van der Waals surface area contributed by atoms with Crippen LogP contribution in [-0.2, 0) is 24.9 Å². The SMILES string of the molecule is Cn1cnc(CNC(=O)c2nc(NC(=O)c3nsc4ccccc34)c3n2CC(=O)NC3c2cc(F)ccc2Cl)c1. The Kier molecular flexibility index (Phi) is 6.52. The first-order chi connectivity index (χ1) is 19.3. The topological polar surface area (TPSA) is 136 Å². The normalized spacial score (nSPS) is 14.6. The van der Waals surface area contributed by atoms with Crippen LogP contribution < -0.4 is 16.0 Å². The van der Waals surface area contributed by atoms with Crippen LogP contribution in [0.2, 0.25) is 5.02 Å². The lowest BCUT2D eigenvalue weighted by atomic mass is 10.0. The second kappa shape index (κ2) is 10.2. The smallest absolute Gasteiger partial charge is 0.287 e. The van der Waals surface area contributed by atoms with Crippen molar-refractivity contribution in [3.8, 4) is 0 Å². The Bertz CT molecular complexity index is 1810. The minimum Gasteiger partial charge on any atom is -0.344 e. The first kappa shape index (κ1) is 25.6. The van der Waals surface area contributed by atoms with E-state index in [0.29, 0.717) is 11.1 Å². The van der Waals surface area contributed by atoms with Gasteiger partial charge < -0.3 is 25.1 Å². The number of hydrogen-bond acceptors (Lipinski definition) is 7. The van der Waals surface area contributed by atoms with Crippen LogP contribution in [0.15, 0.2) is 55.0 Å². The Hall–Kier alpha value is -4.62. The van der Waals surface area contributed by atoms with Crippen LogP contribution in [0.25, 0.3) is 10.1 Å². The summed E-state index contributed by atoms with van der Waals surface area (Å²) < 4.78 is 22.5. The summed E-state index contributed by atoms with van der Waals surface area (Å²) in [6, 6.07) is 10.0. The van der Waals surface area contributed by atoms with Crippen LogP contribution in [-0.4, -0.2) is 41.2 Å². The highest BCUT2D eigenvalue weighted by Gasteiger charge is 2.36. The van der Waals surface area contributed by atoms with Crippen molar-refractivity contribution in [1.29, 1.82) is 0 Å². The Morgan fingerprint density at radius 3 is 2.85 bits per heavy atom. The first-order valence-electron chi connectivity index (χ1n) is 12.0. The molecule has 5 aromatic rings. The van der Waals surface area contributed by atoms with Gasteiger partial charge in [0.25, 0.3) is 11.8 Å². The van der Waals surface area contributed by atoms with Gasteiger partial charge in [-0.2, -0.15) is 4.37 Å². The van der Waals surface area contributed by atoms with Crippen molar-refractivity contribution in [3.63, 3.8) is 0 Å². The number of hydrogen-bond donors (Lipinski definition) is 3. The first-order valence-corrected chi connectivity index (χ1v) is 13.2. The number of nitrogens with zero attached hydrogens (tertiary/aromatic N) is 5. The van der Waals surface area contributed by atoms with Crippen molar-refractivity contribution in [2.24, 2.45) is 7.05 Å². The molecule has 0 bridgehead atoms. The van der Waals surface area contributed by atoms with Gasteiger partial charge in [-0.15, -0.1) is 0 Å². The Morgan fingerprint density at radius 1 is 1.23 bits per heavy atom. The van der Waals surface area contributed by atoms with Crippen molar-refractivity contribution in [2.45, 2.75) is 19.1 Å². The van der Waals surface area contributed by atoms with E-state index in [1.807, 2.05) is 12.1 Å². The predicted octanol–water partition coefficient (Wildman–Crippen LogP) is 3.42. The molecule has 0 aliphatic carbocycles. The third-order valence-corrected chi connectivity index (χ3v) is 7.54. The van der Waals surface area contributed by atoms with Crippen LogP contribution in [0.5, 0.6) is 0 Å². The van der Waals surface area contributed by atoms with E-state index in [9.17, 15) is 18.8 Å². The summed E-state index contributed by atoms with van der Waals surface area (Å²) in [5.41, 5.74) is 1.31. The van der Waals surface area contributed by atoms with E-state index in [1.54, 1.807) is 36.3 Å². The number of nitrogens with one attached hydrogen (secondary N) is 3. The molecule has 3 amide bonds. The van der Waals surface area contributed by atoms with Gasteiger partial charge in [-0.25, -0.2) is 14.4 Å². The zero-order valence-corrected chi connectivity index (χ0v) is 22.4. The molecule has 1 atom stereocenters. The fraction of sp³-hybridized carbons (Fsp3) is 0.154. The third-order valence-electron chi connectivity index (χ3n) is 6.37. The van der Waals surface area contributed by atoms with E-state index in [4.69, 9.17) is 11.6 Å². The van der Waals surface area contributed by atoms with Crippen LogP contribution in [0.1, 0.15) is 44.1 Å². The molecule has 0 fully saturated rings. The molecule has 2 aromatic carbocycles. The number of carbonyl (C=O) groups is 3. The molecule has 1 unspecified atom stereocenters. The van der Waals surface area contributed by atoms with Crippen LogP contribution in [0.3, 0.4) is 0 Å². The van der Waals surface area contributed by atoms with Crippen LogP contribution in [0, 0.1) is 5.82 Å². The molecule has 14 heteroatoms. The van der Waals surface area contributed by atoms with Crippen LogP contribution >= 0.6 is 23.1 Å². The number of halogens is 2. The molecular formula is C26H20ClFN8O3S. The number of imidazole rings is 2. The average Bonchev–Trinajstić information content (AvgIpc) is 3.65. The van der Waals surface area contributed by atoms with E-state index < -0.39 is 29.6 Å². The number of aryl methyl sites for hydroxylation is 1. The molecule has 11 nitrogen and oxygen atoms in total. The molecular weight excluding hydrogens is 559 g/mol. The fourth-order valence-electron chi connectivity index (χ4n) is 4.59. The average molecular weight is 579 g/mol. The molecule has 1 aliphatic heterocycles. The molecule has 0 radical (unpaired) electrons. The number of amides is 3. The predicted molar refractivity (Wildman–Crippen MR) is 146 cm³/mol. The van der Waals surface area contributed by atoms with Gasteiger partial charge in [-0.05, 0) is 35.8 Å². The largest absolute Gasteiger partial charge is 0.344 e. The Balaban J connectivity index is 1.42. The molecule has 3 N–H and O–H groups in total. The van der Waals surface area contributed by atoms with Crippen molar-refractivity contribution in [3.05, 3.63) is 94.3 Å². The number of anilines is 1. The fourth-order valence-corrected chi connectivity index (χ4v) is 5.59. The zero-order chi connectivity index (χ0) is 28.0. The van der Waals surface area contributed by atoms with Gasteiger partial charge in [0.15, 0.2) is 5.82 Å². The van der Waals surface area contributed by atoms with Gasteiger partial charge in [0.2, 0.25) is 11.7 Å². The summed E-state index contributed by atoms with van der Waals surface area (Å²) in [6.45, 7) is -0.146. The van der Waals surface area contributed by atoms with E-state index in [-0.39, 0.29) is 46.7 Å². The molecule has 0 saturated carbocycles. The molecule has 40 heavy (non-hydrogen) atoms. The second-order valence-corrected chi connectivity index (χ2v) is 10.3. The van der Waals surface area contributed by atoms with Gasteiger partial charge in [0, 0.05) is 29.2 Å². The molecule has 4 heterocycles. The molecule has 6 rings (SSSR count). The maximum absolute atomic E-state index is 14.3. The number of benzene rings is 2. The summed E-state index contributed by atoms with van der Waals surface area (Å²) in [6.07, 6.45) is 3.35. The lowest BCUT2D eigenvalue weighted by Crippen LogP contribution is -2.41. The highest BCUT2D eigenvalue weighted by Crippen LogP contribution is 2.36. The zero-order valence-electron chi connectivity index (χ0n) is 20.8. The number of carbonyl (C=O) groups excluding carboxylic acids is 3. The summed E-state index contributed by atoms with van der Waals surface area (Å²) in [4.78, 5) is 48.1. The lowest BCUT2D eigenvalue weighted by molar-refractivity contribution is -0.123. The number of fused-ring (bicyclic) bond motifs is 2. The quantitative estimate of drug-likeness (QED) is 0.282. The minimum absolute atomic E-state index is 0.00963. The Morgan fingerprint density at radius 2 is 2.05 bits per heavy atom. The van der Waals surface area contributed by atoms with Crippen molar-refractivity contribution in [1.82, 2.24) is 34.1 Å². The third kappa shape index (κ3) is 4.69. The van der Waals surface area contributed by atoms with Gasteiger partial charge in [0.1, 0.15) is 18.1 Å². The molecule has 3 aromatic heterocycles. The molecule has 1 aliphatic rings. The van der Waals surface area contributed by atoms with Gasteiger partial charge in [0.05, 0.1) is 35.0 Å².